The first kappa shape index (κ1) is 17.7. The third kappa shape index (κ3) is 3.61. The number of aromatic nitrogens is 1. The third-order valence-corrected chi connectivity index (χ3v) is 4.95. The molecule has 1 amide bonds. The van der Waals surface area contributed by atoms with Crippen LogP contribution in [-0.2, 0) is 9.53 Å². The Kier molecular flexibility index (Phi) is 5.53. The highest BCUT2D eigenvalue weighted by molar-refractivity contribution is 6.05. The van der Waals surface area contributed by atoms with Gasteiger partial charge in [-0.25, -0.2) is 0 Å². The van der Waals surface area contributed by atoms with Gasteiger partial charge in [0.05, 0.1) is 12.8 Å². The van der Waals surface area contributed by atoms with E-state index in [4.69, 9.17) is 9.47 Å². The molecule has 134 valence electrons. The molecule has 0 spiro atoms. The number of carbonyl (C=O) groups excluding carboxylic acids is 1. The fourth-order valence-electron chi connectivity index (χ4n) is 3.67. The van der Waals surface area contributed by atoms with Crippen LogP contribution in [0.15, 0.2) is 30.5 Å². The van der Waals surface area contributed by atoms with Crippen LogP contribution in [0.4, 0.5) is 5.69 Å². The van der Waals surface area contributed by atoms with Crippen LogP contribution in [0.1, 0.15) is 45.4 Å². The highest BCUT2D eigenvalue weighted by Crippen LogP contribution is 2.34. The molecule has 1 aromatic heterocycles. The van der Waals surface area contributed by atoms with E-state index >= 15 is 0 Å². The summed E-state index contributed by atoms with van der Waals surface area (Å²) in [5, 5.41) is 3.97. The minimum Gasteiger partial charge on any atom is -0.494 e. The molecular formula is C20H26N2O3. The van der Waals surface area contributed by atoms with Crippen LogP contribution < -0.4 is 10.1 Å². The molecule has 1 heterocycles. The zero-order chi connectivity index (χ0) is 17.7. The second-order valence-corrected chi connectivity index (χ2v) is 6.51. The highest BCUT2D eigenvalue weighted by atomic mass is 16.5. The third-order valence-electron chi connectivity index (χ3n) is 4.95. The molecule has 0 atom stereocenters. The Bertz CT molecular complexity index is 737. The SMILES string of the molecule is CCOC1(C(=O)Nc2ccc(OC)c3ncccc23)CCCCCC1. The molecule has 0 saturated heterocycles. The molecule has 5 nitrogen and oxygen atoms in total. The van der Waals surface area contributed by atoms with E-state index in [1.165, 1.54) is 0 Å². The minimum absolute atomic E-state index is 0.0495. The number of hydrogen-bond donors (Lipinski definition) is 1. The van der Waals surface area contributed by atoms with Gasteiger partial charge in [0, 0.05) is 18.2 Å². The van der Waals surface area contributed by atoms with Gasteiger partial charge < -0.3 is 14.8 Å². The van der Waals surface area contributed by atoms with Crippen molar-refractivity contribution in [1.29, 1.82) is 0 Å². The van der Waals surface area contributed by atoms with Gasteiger partial charge in [-0.3, -0.25) is 9.78 Å². The first-order chi connectivity index (χ1) is 12.2. The monoisotopic (exact) mass is 342 g/mol. The summed E-state index contributed by atoms with van der Waals surface area (Å²) in [7, 11) is 1.62. The fourth-order valence-corrected chi connectivity index (χ4v) is 3.67. The van der Waals surface area contributed by atoms with E-state index in [1.807, 2.05) is 31.2 Å². The van der Waals surface area contributed by atoms with E-state index in [0.29, 0.717) is 12.4 Å². The smallest absolute Gasteiger partial charge is 0.256 e. The lowest BCUT2D eigenvalue weighted by atomic mass is 9.92. The molecule has 0 aliphatic heterocycles. The van der Waals surface area contributed by atoms with Crippen LogP contribution in [0.2, 0.25) is 0 Å². The van der Waals surface area contributed by atoms with Gasteiger partial charge in [0.1, 0.15) is 16.9 Å². The molecule has 1 saturated carbocycles. The van der Waals surface area contributed by atoms with Gasteiger partial charge in [-0.15, -0.1) is 0 Å². The zero-order valence-corrected chi connectivity index (χ0v) is 15.0. The number of nitrogens with one attached hydrogen (secondary N) is 1. The second-order valence-electron chi connectivity index (χ2n) is 6.51. The maximum absolute atomic E-state index is 13.1. The molecule has 1 aliphatic carbocycles. The van der Waals surface area contributed by atoms with Crippen molar-refractivity contribution in [3.05, 3.63) is 30.5 Å². The Morgan fingerprint density at radius 3 is 2.64 bits per heavy atom. The lowest BCUT2D eigenvalue weighted by Gasteiger charge is -2.31. The number of methoxy groups -OCH3 is 1. The zero-order valence-electron chi connectivity index (χ0n) is 15.0. The van der Waals surface area contributed by atoms with Crippen molar-refractivity contribution in [2.24, 2.45) is 0 Å². The molecule has 1 aromatic carbocycles. The van der Waals surface area contributed by atoms with Crippen molar-refractivity contribution in [3.8, 4) is 5.75 Å². The Morgan fingerprint density at radius 1 is 1.20 bits per heavy atom. The van der Waals surface area contributed by atoms with Gasteiger partial charge in [-0.05, 0) is 44.0 Å². The predicted octanol–water partition coefficient (Wildman–Crippen LogP) is 4.31. The Hall–Kier alpha value is -2.14. The van der Waals surface area contributed by atoms with Crippen LogP contribution in [0, 0.1) is 0 Å². The van der Waals surface area contributed by atoms with Crippen molar-refractivity contribution in [3.63, 3.8) is 0 Å². The Balaban J connectivity index is 1.92. The van der Waals surface area contributed by atoms with E-state index in [2.05, 4.69) is 10.3 Å². The molecule has 5 heteroatoms. The summed E-state index contributed by atoms with van der Waals surface area (Å²) >= 11 is 0. The summed E-state index contributed by atoms with van der Waals surface area (Å²) in [5.41, 5.74) is 0.769. The van der Waals surface area contributed by atoms with Gasteiger partial charge in [0.25, 0.3) is 5.91 Å². The summed E-state index contributed by atoms with van der Waals surface area (Å²) in [6, 6.07) is 7.52. The lowest BCUT2D eigenvalue weighted by molar-refractivity contribution is -0.143. The van der Waals surface area contributed by atoms with Crippen LogP contribution >= 0.6 is 0 Å². The largest absolute Gasteiger partial charge is 0.494 e. The maximum atomic E-state index is 13.1. The molecule has 0 radical (unpaired) electrons. The number of fused-ring (bicyclic) bond motifs is 1. The summed E-state index contributed by atoms with van der Waals surface area (Å²) in [4.78, 5) is 17.5. The summed E-state index contributed by atoms with van der Waals surface area (Å²) in [6.07, 6.45) is 7.66. The average molecular weight is 342 g/mol. The van der Waals surface area contributed by atoms with E-state index in [-0.39, 0.29) is 5.91 Å². The van der Waals surface area contributed by atoms with Gasteiger partial charge >= 0.3 is 0 Å². The quantitative estimate of drug-likeness (QED) is 0.823. The lowest BCUT2D eigenvalue weighted by Crippen LogP contribution is -2.45. The number of nitrogens with zero attached hydrogens (tertiary/aromatic N) is 1. The van der Waals surface area contributed by atoms with E-state index < -0.39 is 5.60 Å². The van der Waals surface area contributed by atoms with Crippen LogP contribution in [0.5, 0.6) is 5.75 Å². The number of ether oxygens (including phenoxy) is 2. The molecule has 25 heavy (non-hydrogen) atoms. The molecule has 1 N–H and O–H groups in total. The van der Waals surface area contributed by atoms with Crippen LogP contribution in [-0.4, -0.2) is 30.2 Å². The Morgan fingerprint density at radius 2 is 1.96 bits per heavy atom. The van der Waals surface area contributed by atoms with Crippen molar-refractivity contribution in [2.45, 2.75) is 51.0 Å². The molecule has 0 bridgehead atoms. The number of carbonyl (C=O) groups is 1. The summed E-state index contributed by atoms with van der Waals surface area (Å²) in [6.45, 7) is 2.49. The first-order valence-corrected chi connectivity index (χ1v) is 9.07. The molecule has 3 rings (SSSR count). The number of anilines is 1. The van der Waals surface area contributed by atoms with Gasteiger partial charge in [-0.2, -0.15) is 0 Å². The summed E-state index contributed by atoms with van der Waals surface area (Å²) in [5.74, 6) is 0.647. The first-order valence-electron chi connectivity index (χ1n) is 9.07. The van der Waals surface area contributed by atoms with E-state index in [9.17, 15) is 4.79 Å². The predicted molar refractivity (Wildman–Crippen MR) is 99.0 cm³/mol. The molecule has 0 unspecified atom stereocenters. The molecule has 1 aliphatic rings. The summed E-state index contributed by atoms with van der Waals surface area (Å²) < 4.78 is 11.4. The van der Waals surface area contributed by atoms with E-state index in [0.717, 1.165) is 55.1 Å². The van der Waals surface area contributed by atoms with Crippen LogP contribution in [0.25, 0.3) is 10.9 Å². The average Bonchev–Trinajstić information content (AvgIpc) is 2.89. The van der Waals surface area contributed by atoms with Crippen molar-refractivity contribution in [2.75, 3.05) is 19.0 Å². The number of rotatable bonds is 5. The van der Waals surface area contributed by atoms with E-state index in [1.54, 1.807) is 13.3 Å². The fraction of sp³-hybridized carbons (Fsp3) is 0.500. The van der Waals surface area contributed by atoms with Crippen molar-refractivity contribution >= 4 is 22.5 Å². The number of benzene rings is 1. The standard InChI is InChI=1S/C20H26N2O3/c1-3-25-20(12-6-4-5-7-13-20)19(23)22-16-10-11-17(24-2)18-15(16)9-8-14-21-18/h8-11,14H,3-7,12-13H2,1-2H3,(H,22,23). The topological polar surface area (TPSA) is 60.5 Å². The molecule has 2 aromatic rings. The normalized spacial score (nSPS) is 17.0. The second kappa shape index (κ2) is 7.83. The molecular weight excluding hydrogens is 316 g/mol. The van der Waals surface area contributed by atoms with Crippen molar-refractivity contribution in [1.82, 2.24) is 4.98 Å². The number of amides is 1. The minimum atomic E-state index is -0.723. The number of hydrogen-bond acceptors (Lipinski definition) is 4. The van der Waals surface area contributed by atoms with Gasteiger partial charge in [0.15, 0.2) is 0 Å². The van der Waals surface area contributed by atoms with Gasteiger partial charge in [0.2, 0.25) is 0 Å². The van der Waals surface area contributed by atoms with Crippen LogP contribution in [0.3, 0.4) is 0 Å². The number of pyridine rings is 1. The Labute approximate surface area is 148 Å². The maximum Gasteiger partial charge on any atom is 0.256 e. The highest BCUT2D eigenvalue weighted by Gasteiger charge is 2.39. The molecule has 1 fully saturated rings. The van der Waals surface area contributed by atoms with Gasteiger partial charge in [-0.1, -0.05) is 25.7 Å². The van der Waals surface area contributed by atoms with Crippen molar-refractivity contribution < 1.29 is 14.3 Å².